The average molecular weight is 339 g/mol. The zero-order chi connectivity index (χ0) is 17.3. The maximum Gasteiger partial charge on any atom is 0.119 e. The molecule has 2 aromatic rings. The van der Waals surface area contributed by atoms with Gasteiger partial charge in [-0.3, -0.25) is 5.43 Å². The lowest BCUT2D eigenvalue weighted by Gasteiger charge is -2.12. The van der Waals surface area contributed by atoms with Crippen molar-refractivity contribution < 1.29 is 4.74 Å². The minimum Gasteiger partial charge on any atom is -0.494 e. The highest BCUT2D eigenvalue weighted by Gasteiger charge is 2.24. The molecule has 134 valence electrons. The number of nitrogens with one attached hydrogen (secondary N) is 3. The Morgan fingerprint density at radius 2 is 1.84 bits per heavy atom. The molecule has 3 N–H and O–H groups in total. The van der Waals surface area contributed by atoms with E-state index >= 15 is 0 Å². The Labute approximate surface area is 151 Å². The van der Waals surface area contributed by atoms with Gasteiger partial charge in [0.2, 0.25) is 0 Å². The van der Waals surface area contributed by atoms with Gasteiger partial charge in [-0.25, -0.2) is 5.43 Å². The van der Waals surface area contributed by atoms with Crippen LogP contribution in [0.15, 0.2) is 54.6 Å². The Morgan fingerprint density at radius 3 is 2.60 bits per heavy atom. The zero-order valence-corrected chi connectivity index (χ0v) is 15.0. The number of hydrogen-bond acceptors (Lipinski definition) is 4. The second-order valence-electron chi connectivity index (χ2n) is 6.59. The summed E-state index contributed by atoms with van der Waals surface area (Å²) in [5, 5.41) is 3.39. The standard InChI is InChI=1S/C21H29N3O/c1-2-22-16-19-15-21(24-23-19)18-10-12-20(13-11-18)25-14-6-9-17-7-4-3-5-8-17/h3-5,7-8,10-13,19,21-24H,2,6,9,14-16H2,1H3. The van der Waals surface area contributed by atoms with E-state index in [0.717, 1.165) is 44.7 Å². The first-order valence-electron chi connectivity index (χ1n) is 9.33. The molecule has 0 spiro atoms. The zero-order valence-electron chi connectivity index (χ0n) is 15.0. The minimum atomic E-state index is 0.371. The van der Waals surface area contributed by atoms with Gasteiger partial charge in [0.1, 0.15) is 5.75 Å². The second-order valence-corrected chi connectivity index (χ2v) is 6.59. The Balaban J connectivity index is 1.40. The van der Waals surface area contributed by atoms with Crippen LogP contribution in [0.25, 0.3) is 0 Å². The highest BCUT2D eigenvalue weighted by Crippen LogP contribution is 2.24. The van der Waals surface area contributed by atoms with Gasteiger partial charge in [0.05, 0.1) is 6.61 Å². The molecular formula is C21H29N3O. The maximum absolute atomic E-state index is 5.87. The van der Waals surface area contributed by atoms with Crippen LogP contribution in [-0.4, -0.2) is 25.7 Å². The molecule has 0 aliphatic carbocycles. The summed E-state index contributed by atoms with van der Waals surface area (Å²) < 4.78 is 5.87. The van der Waals surface area contributed by atoms with Gasteiger partial charge in [0.15, 0.2) is 0 Å². The molecule has 1 fully saturated rings. The highest BCUT2D eigenvalue weighted by molar-refractivity contribution is 5.29. The van der Waals surface area contributed by atoms with E-state index in [1.807, 2.05) is 0 Å². The van der Waals surface area contributed by atoms with Crippen LogP contribution in [0.4, 0.5) is 0 Å². The molecule has 1 aliphatic rings. The summed E-state index contributed by atoms with van der Waals surface area (Å²) in [6.07, 6.45) is 3.19. The molecule has 1 aliphatic heterocycles. The van der Waals surface area contributed by atoms with E-state index in [0.29, 0.717) is 12.1 Å². The smallest absolute Gasteiger partial charge is 0.119 e. The largest absolute Gasteiger partial charge is 0.494 e. The van der Waals surface area contributed by atoms with Crippen molar-refractivity contribution in [1.29, 1.82) is 0 Å². The maximum atomic E-state index is 5.87. The summed E-state index contributed by atoms with van der Waals surface area (Å²) in [5.41, 5.74) is 9.44. The molecule has 3 rings (SSSR count). The molecule has 0 aromatic heterocycles. The predicted octanol–water partition coefficient (Wildman–Crippen LogP) is 3.22. The molecule has 2 unspecified atom stereocenters. The molecule has 0 saturated carbocycles. The third-order valence-electron chi connectivity index (χ3n) is 4.63. The second kappa shape index (κ2) is 9.56. The van der Waals surface area contributed by atoms with Crippen LogP contribution < -0.4 is 20.9 Å². The van der Waals surface area contributed by atoms with Crippen molar-refractivity contribution in [2.24, 2.45) is 0 Å². The Bertz CT molecular complexity index is 615. The Hall–Kier alpha value is -1.88. The lowest BCUT2D eigenvalue weighted by Crippen LogP contribution is -2.37. The van der Waals surface area contributed by atoms with Gasteiger partial charge in [0, 0.05) is 18.6 Å². The van der Waals surface area contributed by atoms with Crippen molar-refractivity contribution in [2.75, 3.05) is 19.7 Å². The van der Waals surface area contributed by atoms with Crippen molar-refractivity contribution in [3.8, 4) is 5.75 Å². The first kappa shape index (κ1) is 17.9. The van der Waals surface area contributed by atoms with E-state index in [-0.39, 0.29) is 0 Å². The van der Waals surface area contributed by atoms with Crippen LogP contribution in [0, 0.1) is 0 Å². The molecule has 4 heteroatoms. The number of aryl methyl sites for hydroxylation is 1. The van der Waals surface area contributed by atoms with Crippen LogP contribution >= 0.6 is 0 Å². The average Bonchev–Trinajstić information content (AvgIpc) is 3.14. The molecule has 0 radical (unpaired) electrons. The fourth-order valence-corrected chi connectivity index (χ4v) is 3.20. The molecule has 2 atom stereocenters. The van der Waals surface area contributed by atoms with Crippen molar-refractivity contribution >= 4 is 0 Å². The number of benzene rings is 2. The topological polar surface area (TPSA) is 45.3 Å². The van der Waals surface area contributed by atoms with Crippen molar-refractivity contribution in [3.63, 3.8) is 0 Å². The van der Waals surface area contributed by atoms with E-state index in [2.05, 4.69) is 77.7 Å². The molecule has 1 saturated heterocycles. The Morgan fingerprint density at radius 1 is 1.04 bits per heavy atom. The Kier molecular flexibility index (Phi) is 6.86. The van der Waals surface area contributed by atoms with E-state index in [9.17, 15) is 0 Å². The summed E-state index contributed by atoms with van der Waals surface area (Å²) in [6, 6.07) is 19.9. The van der Waals surface area contributed by atoms with Gasteiger partial charge >= 0.3 is 0 Å². The monoisotopic (exact) mass is 339 g/mol. The van der Waals surface area contributed by atoms with E-state index in [4.69, 9.17) is 4.74 Å². The minimum absolute atomic E-state index is 0.371. The van der Waals surface area contributed by atoms with Crippen LogP contribution in [0.2, 0.25) is 0 Å². The molecule has 0 bridgehead atoms. The molecule has 0 amide bonds. The number of hydrazine groups is 1. The molecular weight excluding hydrogens is 310 g/mol. The molecule has 1 heterocycles. The normalized spacial score (nSPS) is 19.9. The van der Waals surface area contributed by atoms with Gasteiger partial charge in [-0.15, -0.1) is 0 Å². The van der Waals surface area contributed by atoms with E-state index in [1.165, 1.54) is 11.1 Å². The van der Waals surface area contributed by atoms with E-state index < -0.39 is 0 Å². The predicted molar refractivity (Wildman–Crippen MR) is 103 cm³/mol. The summed E-state index contributed by atoms with van der Waals surface area (Å²) in [5.74, 6) is 0.951. The fourth-order valence-electron chi connectivity index (χ4n) is 3.20. The molecule has 4 nitrogen and oxygen atoms in total. The van der Waals surface area contributed by atoms with Gasteiger partial charge in [-0.2, -0.15) is 0 Å². The fraction of sp³-hybridized carbons (Fsp3) is 0.429. The lowest BCUT2D eigenvalue weighted by atomic mass is 10.0. The van der Waals surface area contributed by atoms with Gasteiger partial charge in [0.25, 0.3) is 0 Å². The van der Waals surface area contributed by atoms with Gasteiger partial charge in [-0.1, -0.05) is 49.4 Å². The third kappa shape index (κ3) is 5.56. The van der Waals surface area contributed by atoms with E-state index in [1.54, 1.807) is 0 Å². The van der Waals surface area contributed by atoms with Crippen molar-refractivity contribution in [1.82, 2.24) is 16.2 Å². The quantitative estimate of drug-likeness (QED) is 0.614. The third-order valence-corrected chi connectivity index (χ3v) is 4.63. The number of hydrogen-bond donors (Lipinski definition) is 3. The first-order chi connectivity index (χ1) is 12.3. The molecule has 2 aromatic carbocycles. The number of likely N-dealkylation sites (N-methyl/N-ethyl adjacent to an activating group) is 1. The van der Waals surface area contributed by atoms with Gasteiger partial charge < -0.3 is 10.1 Å². The van der Waals surface area contributed by atoms with Gasteiger partial charge in [-0.05, 0) is 49.1 Å². The SMILES string of the molecule is CCNCC1CC(c2ccc(OCCCc3ccccc3)cc2)NN1. The first-order valence-corrected chi connectivity index (χ1v) is 9.33. The molecule has 25 heavy (non-hydrogen) atoms. The van der Waals surface area contributed by atoms with Crippen LogP contribution in [-0.2, 0) is 6.42 Å². The number of rotatable bonds is 9. The number of ether oxygens (including phenoxy) is 1. The van der Waals surface area contributed by atoms with Crippen molar-refractivity contribution in [3.05, 3.63) is 65.7 Å². The van der Waals surface area contributed by atoms with Crippen LogP contribution in [0.3, 0.4) is 0 Å². The summed E-state index contributed by atoms with van der Waals surface area (Å²) in [4.78, 5) is 0. The van der Waals surface area contributed by atoms with Crippen molar-refractivity contribution in [2.45, 2.75) is 38.3 Å². The summed E-state index contributed by atoms with van der Waals surface area (Å²) in [6.45, 7) is 4.91. The highest BCUT2D eigenvalue weighted by atomic mass is 16.5. The summed E-state index contributed by atoms with van der Waals surface area (Å²) in [7, 11) is 0. The van der Waals surface area contributed by atoms with Crippen LogP contribution in [0.5, 0.6) is 5.75 Å². The van der Waals surface area contributed by atoms with Crippen LogP contribution in [0.1, 0.15) is 36.9 Å². The summed E-state index contributed by atoms with van der Waals surface area (Å²) >= 11 is 0. The lowest BCUT2D eigenvalue weighted by molar-refractivity contribution is 0.311.